The number of nitrogens with one attached hydrogen (secondary N) is 1. The molecule has 0 saturated carbocycles. The summed E-state index contributed by atoms with van der Waals surface area (Å²) in [4.78, 5) is 28.8. The highest BCUT2D eigenvalue weighted by Crippen LogP contribution is 2.31. The van der Waals surface area contributed by atoms with Crippen molar-refractivity contribution in [1.29, 1.82) is 0 Å². The number of hydrogen-bond acceptors (Lipinski definition) is 2. The Morgan fingerprint density at radius 1 is 1.06 bits per heavy atom. The minimum atomic E-state index is -4.48. The number of benzene rings is 2. The Labute approximate surface area is 186 Å². The van der Waals surface area contributed by atoms with Crippen LogP contribution >= 0.6 is 0 Å². The van der Waals surface area contributed by atoms with Crippen molar-refractivity contribution in [2.45, 2.75) is 51.4 Å². The molecule has 0 unspecified atom stereocenters. The van der Waals surface area contributed by atoms with E-state index in [1.807, 2.05) is 42.2 Å². The molecular formula is C24H28F3N3O2. The summed E-state index contributed by atoms with van der Waals surface area (Å²) in [7, 11) is 0. The predicted octanol–water partition coefficient (Wildman–Crippen LogP) is 5.53. The van der Waals surface area contributed by atoms with Gasteiger partial charge in [0.25, 0.3) is 0 Å². The van der Waals surface area contributed by atoms with Gasteiger partial charge in [-0.05, 0) is 43.0 Å². The second-order valence-electron chi connectivity index (χ2n) is 7.98. The van der Waals surface area contributed by atoms with Crippen LogP contribution in [0.25, 0.3) is 0 Å². The Morgan fingerprint density at radius 2 is 1.75 bits per heavy atom. The van der Waals surface area contributed by atoms with Gasteiger partial charge >= 0.3 is 12.2 Å². The summed E-state index contributed by atoms with van der Waals surface area (Å²) in [6.07, 6.45) is -1.94. The zero-order valence-corrected chi connectivity index (χ0v) is 18.1. The van der Waals surface area contributed by atoms with Gasteiger partial charge < -0.3 is 15.1 Å². The lowest BCUT2D eigenvalue weighted by Crippen LogP contribution is -2.49. The number of hydrogen-bond donors (Lipinski definition) is 1. The molecule has 1 fully saturated rings. The lowest BCUT2D eigenvalue weighted by Gasteiger charge is -2.38. The van der Waals surface area contributed by atoms with Crippen molar-refractivity contribution < 1.29 is 22.8 Å². The molecule has 172 valence electrons. The SMILES string of the molecule is CCCC(=O)N1CCC(N(Cc2ccccc2)C(=O)Nc2cccc(C(F)(F)F)c2)CC1. The average molecular weight is 448 g/mol. The number of carbonyl (C=O) groups excluding carboxylic acids is 2. The van der Waals surface area contributed by atoms with Gasteiger partial charge in [-0.15, -0.1) is 0 Å². The van der Waals surface area contributed by atoms with Gasteiger partial charge in [-0.2, -0.15) is 13.2 Å². The van der Waals surface area contributed by atoms with Crippen LogP contribution in [0.15, 0.2) is 54.6 Å². The third-order valence-corrected chi connectivity index (χ3v) is 5.62. The molecule has 1 saturated heterocycles. The third-order valence-electron chi connectivity index (χ3n) is 5.62. The Hall–Kier alpha value is -3.03. The van der Waals surface area contributed by atoms with Crippen LogP contribution in [0.2, 0.25) is 0 Å². The largest absolute Gasteiger partial charge is 0.416 e. The lowest BCUT2D eigenvalue weighted by atomic mass is 10.0. The van der Waals surface area contributed by atoms with E-state index in [2.05, 4.69) is 5.32 Å². The molecule has 1 heterocycles. The van der Waals surface area contributed by atoms with Crippen LogP contribution in [0.1, 0.15) is 43.7 Å². The van der Waals surface area contributed by atoms with Gasteiger partial charge in [-0.25, -0.2) is 4.79 Å². The van der Waals surface area contributed by atoms with Crippen LogP contribution in [0.3, 0.4) is 0 Å². The van der Waals surface area contributed by atoms with Crippen molar-refractivity contribution in [2.75, 3.05) is 18.4 Å². The molecule has 5 nitrogen and oxygen atoms in total. The molecule has 0 aromatic heterocycles. The summed E-state index contributed by atoms with van der Waals surface area (Å²) in [6, 6.07) is 13.5. The quantitative estimate of drug-likeness (QED) is 0.633. The highest BCUT2D eigenvalue weighted by Gasteiger charge is 2.32. The van der Waals surface area contributed by atoms with Crippen LogP contribution < -0.4 is 5.32 Å². The van der Waals surface area contributed by atoms with Crippen LogP contribution in [-0.2, 0) is 17.5 Å². The third kappa shape index (κ3) is 6.24. The molecule has 32 heavy (non-hydrogen) atoms. The first-order valence-electron chi connectivity index (χ1n) is 10.8. The average Bonchev–Trinajstić information content (AvgIpc) is 2.78. The van der Waals surface area contributed by atoms with Gasteiger partial charge in [0.05, 0.1) is 5.56 Å². The van der Waals surface area contributed by atoms with E-state index >= 15 is 0 Å². The smallest absolute Gasteiger partial charge is 0.343 e. The first-order valence-corrected chi connectivity index (χ1v) is 10.8. The minimum Gasteiger partial charge on any atom is -0.343 e. The monoisotopic (exact) mass is 447 g/mol. The minimum absolute atomic E-state index is 0.0958. The molecule has 8 heteroatoms. The molecular weight excluding hydrogens is 419 g/mol. The Kier molecular flexibility index (Phi) is 7.77. The molecule has 0 bridgehead atoms. The summed E-state index contributed by atoms with van der Waals surface area (Å²) >= 11 is 0. The molecule has 0 aliphatic carbocycles. The van der Waals surface area contributed by atoms with E-state index in [9.17, 15) is 22.8 Å². The summed E-state index contributed by atoms with van der Waals surface area (Å²) in [5.74, 6) is 0.119. The van der Waals surface area contributed by atoms with E-state index in [-0.39, 0.29) is 17.6 Å². The fraction of sp³-hybridized carbons (Fsp3) is 0.417. The highest BCUT2D eigenvalue weighted by atomic mass is 19.4. The van der Waals surface area contributed by atoms with E-state index in [1.165, 1.54) is 12.1 Å². The van der Waals surface area contributed by atoms with Crippen LogP contribution in [0.5, 0.6) is 0 Å². The molecule has 0 spiro atoms. The number of amides is 3. The summed E-state index contributed by atoms with van der Waals surface area (Å²) in [6.45, 7) is 3.42. The van der Waals surface area contributed by atoms with E-state index in [4.69, 9.17) is 0 Å². The van der Waals surface area contributed by atoms with Gasteiger partial charge in [0.2, 0.25) is 5.91 Å². The van der Waals surface area contributed by atoms with Gasteiger partial charge in [-0.3, -0.25) is 4.79 Å². The second kappa shape index (κ2) is 10.5. The molecule has 3 amide bonds. The number of likely N-dealkylation sites (tertiary alicyclic amines) is 1. The van der Waals surface area contributed by atoms with Gasteiger partial charge in [-0.1, -0.05) is 43.3 Å². The summed E-state index contributed by atoms with van der Waals surface area (Å²) < 4.78 is 39.1. The van der Waals surface area contributed by atoms with Crippen molar-refractivity contribution >= 4 is 17.6 Å². The number of anilines is 1. The predicted molar refractivity (Wildman–Crippen MR) is 117 cm³/mol. The zero-order chi connectivity index (χ0) is 23.1. The van der Waals surface area contributed by atoms with E-state index in [1.54, 1.807) is 4.90 Å². The van der Waals surface area contributed by atoms with Crippen LogP contribution in [-0.4, -0.2) is 40.9 Å². The van der Waals surface area contributed by atoms with Crippen molar-refractivity contribution in [3.05, 3.63) is 65.7 Å². The standard InChI is InChI=1S/C24H28F3N3O2/c1-2-7-22(31)29-14-12-21(13-15-29)30(17-18-8-4-3-5-9-18)23(32)28-20-11-6-10-19(16-20)24(25,26)27/h3-6,8-11,16,21H,2,7,12-15,17H2,1H3,(H,28,32). The summed E-state index contributed by atoms with van der Waals surface area (Å²) in [5, 5.41) is 2.63. The van der Waals surface area contributed by atoms with E-state index in [0.29, 0.717) is 38.9 Å². The molecule has 2 aromatic rings. The highest BCUT2D eigenvalue weighted by molar-refractivity contribution is 5.89. The van der Waals surface area contributed by atoms with E-state index in [0.717, 1.165) is 24.1 Å². The number of rotatable bonds is 6. The van der Waals surface area contributed by atoms with Crippen LogP contribution in [0, 0.1) is 0 Å². The molecule has 1 N–H and O–H groups in total. The maximum Gasteiger partial charge on any atom is 0.416 e. The normalized spacial score (nSPS) is 14.8. The van der Waals surface area contributed by atoms with Crippen LogP contribution in [0.4, 0.5) is 23.7 Å². The van der Waals surface area contributed by atoms with Gasteiger partial charge in [0.15, 0.2) is 0 Å². The van der Waals surface area contributed by atoms with Crippen molar-refractivity contribution in [2.24, 2.45) is 0 Å². The second-order valence-corrected chi connectivity index (χ2v) is 7.98. The molecule has 2 aromatic carbocycles. The molecule has 3 rings (SSSR count). The van der Waals surface area contributed by atoms with Crippen molar-refractivity contribution in [3.8, 4) is 0 Å². The summed E-state index contributed by atoms with van der Waals surface area (Å²) in [5.41, 5.74) is 0.210. The molecule has 1 aliphatic rings. The van der Waals surface area contributed by atoms with Crippen molar-refractivity contribution in [1.82, 2.24) is 9.80 Å². The Bertz CT molecular complexity index is 910. The topological polar surface area (TPSA) is 52.7 Å². The Morgan fingerprint density at radius 3 is 2.38 bits per heavy atom. The number of alkyl halides is 3. The first kappa shape index (κ1) is 23.6. The molecule has 0 radical (unpaired) electrons. The fourth-order valence-corrected chi connectivity index (χ4v) is 3.91. The Balaban J connectivity index is 1.75. The molecule has 1 aliphatic heterocycles. The number of urea groups is 1. The van der Waals surface area contributed by atoms with Gasteiger partial charge in [0.1, 0.15) is 0 Å². The first-order chi connectivity index (χ1) is 15.3. The van der Waals surface area contributed by atoms with E-state index < -0.39 is 17.8 Å². The van der Waals surface area contributed by atoms with Gasteiger partial charge in [0, 0.05) is 37.8 Å². The number of piperidine rings is 1. The number of halogens is 3. The van der Waals surface area contributed by atoms with Crippen molar-refractivity contribution in [3.63, 3.8) is 0 Å². The molecule has 0 atom stereocenters. The maximum absolute atomic E-state index is 13.1. The number of carbonyl (C=O) groups is 2. The fourth-order valence-electron chi connectivity index (χ4n) is 3.91. The zero-order valence-electron chi connectivity index (χ0n) is 18.1. The number of nitrogens with zero attached hydrogens (tertiary/aromatic N) is 2. The lowest BCUT2D eigenvalue weighted by molar-refractivity contribution is -0.137. The maximum atomic E-state index is 13.1.